The molecule has 0 aliphatic heterocycles. The summed E-state index contributed by atoms with van der Waals surface area (Å²) >= 11 is 0. The van der Waals surface area contributed by atoms with Crippen LogP contribution in [-0.4, -0.2) is 19.0 Å². The van der Waals surface area contributed by atoms with E-state index in [2.05, 4.69) is 38.9 Å². The molecule has 0 aromatic rings. The summed E-state index contributed by atoms with van der Waals surface area (Å²) in [6.45, 7) is 10.0. The summed E-state index contributed by atoms with van der Waals surface area (Å²) in [7, 11) is 1.98. The summed E-state index contributed by atoms with van der Waals surface area (Å²) in [5.41, 5.74) is 2.25. The van der Waals surface area contributed by atoms with Crippen molar-refractivity contribution in [2.24, 2.45) is 63.2 Å². The number of allylic oxidation sites excluding steroid dienone is 1. The van der Waals surface area contributed by atoms with Gasteiger partial charge in [0.25, 0.3) is 0 Å². The van der Waals surface area contributed by atoms with Crippen LogP contribution in [0.25, 0.3) is 0 Å². The van der Waals surface area contributed by atoms with Crippen molar-refractivity contribution in [3.63, 3.8) is 0 Å². The molecule has 148 valence electrons. The molecule has 2 heteroatoms. The van der Waals surface area contributed by atoms with Crippen LogP contribution < -0.4 is 0 Å². The molecule has 10 atom stereocenters. The average Bonchev–Trinajstić information content (AvgIpc) is 3.24. The molecule has 0 heterocycles. The number of carbonyl (C=O) groups excluding carboxylic acids is 1. The summed E-state index contributed by atoms with van der Waals surface area (Å²) in [6.07, 6.45) is 11.6. The molecule has 0 amide bonds. The quantitative estimate of drug-likeness (QED) is 0.586. The van der Waals surface area contributed by atoms with Gasteiger partial charge in [-0.1, -0.05) is 33.3 Å². The zero-order valence-electron chi connectivity index (χ0n) is 17.9. The summed E-state index contributed by atoms with van der Waals surface area (Å²) < 4.78 is 0. The summed E-state index contributed by atoms with van der Waals surface area (Å²) in [5, 5.41) is 0. The number of ketones is 1. The third-order valence-corrected chi connectivity index (χ3v) is 10.4. The van der Waals surface area contributed by atoms with Crippen LogP contribution in [0.2, 0.25) is 0 Å². The normalized spacial score (nSPS) is 56.2. The number of nitrogens with zero attached hydrogens (tertiary/aromatic N) is 1. The topological polar surface area (TPSA) is 29.4 Å². The molecule has 5 aliphatic carbocycles. The molecule has 10 unspecified atom stereocenters. The first-order valence-corrected chi connectivity index (χ1v) is 11.6. The minimum atomic E-state index is 0.286. The molecule has 27 heavy (non-hydrogen) atoms. The molecule has 0 N–H and O–H groups in total. The van der Waals surface area contributed by atoms with Gasteiger partial charge in [-0.15, -0.1) is 0 Å². The maximum atomic E-state index is 12.0. The first-order chi connectivity index (χ1) is 12.9. The Kier molecular flexibility index (Phi) is 3.89. The number of fused-ring (bicyclic) bond motifs is 7. The number of hydrogen-bond acceptors (Lipinski definition) is 2. The molecule has 5 aliphatic rings. The van der Waals surface area contributed by atoms with E-state index in [1.807, 2.05) is 13.1 Å². The van der Waals surface area contributed by atoms with E-state index in [9.17, 15) is 4.79 Å². The van der Waals surface area contributed by atoms with Crippen LogP contribution in [0.1, 0.15) is 66.2 Å². The second-order valence-electron chi connectivity index (χ2n) is 11.0. The Morgan fingerprint density at radius 3 is 2.70 bits per heavy atom. The monoisotopic (exact) mass is 367 g/mol. The molecule has 0 aromatic heterocycles. The van der Waals surface area contributed by atoms with Crippen LogP contribution in [-0.2, 0) is 4.79 Å². The number of carbonyl (C=O) groups is 1. The van der Waals surface area contributed by atoms with Gasteiger partial charge < -0.3 is 4.99 Å². The van der Waals surface area contributed by atoms with Gasteiger partial charge in [0.2, 0.25) is 0 Å². The fourth-order valence-corrected chi connectivity index (χ4v) is 9.59. The molecule has 4 saturated carbocycles. The lowest BCUT2D eigenvalue weighted by molar-refractivity contribution is -0.117. The predicted molar refractivity (Wildman–Crippen MR) is 111 cm³/mol. The SMILES string of the molecule is CCC12CCC3C4CCC(=O)C=C4CC(C)C3C1C1C(C)C1C2(C)C=NC. The maximum Gasteiger partial charge on any atom is 0.155 e. The number of hydrogen-bond donors (Lipinski definition) is 0. The zero-order chi connectivity index (χ0) is 19.1. The van der Waals surface area contributed by atoms with Crippen molar-refractivity contribution in [2.75, 3.05) is 7.05 Å². The van der Waals surface area contributed by atoms with E-state index in [4.69, 9.17) is 0 Å². The van der Waals surface area contributed by atoms with Gasteiger partial charge in [0.15, 0.2) is 5.78 Å². The van der Waals surface area contributed by atoms with Crippen LogP contribution >= 0.6 is 0 Å². The molecule has 4 fully saturated rings. The molecule has 0 spiro atoms. The van der Waals surface area contributed by atoms with E-state index in [1.54, 1.807) is 0 Å². The van der Waals surface area contributed by atoms with E-state index in [0.29, 0.717) is 17.1 Å². The fraction of sp³-hybridized carbons (Fsp3) is 0.840. The highest BCUT2D eigenvalue weighted by Gasteiger charge is 2.77. The molecule has 0 saturated heterocycles. The third kappa shape index (κ3) is 2.08. The van der Waals surface area contributed by atoms with Gasteiger partial charge in [0.1, 0.15) is 0 Å². The van der Waals surface area contributed by atoms with Crippen molar-refractivity contribution >= 4 is 12.0 Å². The molecular weight excluding hydrogens is 330 g/mol. The van der Waals surface area contributed by atoms with Gasteiger partial charge in [-0.3, -0.25) is 4.79 Å². The lowest BCUT2D eigenvalue weighted by Gasteiger charge is -2.60. The lowest BCUT2D eigenvalue weighted by Crippen LogP contribution is -2.55. The Hall–Kier alpha value is -0.920. The summed E-state index contributed by atoms with van der Waals surface area (Å²) in [4.78, 5) is 16.6. The molecular formula is C25H37NO. The lowest BCUT2D eigenvalue weighted by atomic mass is 9.44. The summed E-state index contributed by atoms with van der Waals surface area (Å²) in [6, 6.07) is 0. The second kappa shape index (κ2) is 5.80. The Morgan fingerprint density at radius 2 is 2.00 bits per heavy atom. The van der Waals surface area contributed by atoms with Crippen LogP contribution in [0.3, 0.4) is 0 Å². The highest BCUT2D eigenvalue weighted by atomic mass is 16.1. The largest absolute Gasteiger partial charge is 0.300 e. The van der Waals surface area contributed by atoms with Gasteiger partial charge in [0, 0.05) is 25.1 Å². The molecule has 0 bridgehead atoms. The third-order valence-electron chi connectivity index (χ3n) is 10.4. The number of rotatable bonds is 2. The maximum absolute atomic E-state index is 12.0. The van der Waals surface area contributed by atoms with E-state index >= 15 is 0 Å². The van der Waals surface area contributed by atoms with Crippen LogP contribution in [0, 0.1) is 58.2 Å². The second-order valence-corrected chi connectivity index (χ2v) is 11.0. The van der Waals surface area contributed by atoms with Crippen molar-refractivity contribution in [3.05, 3.63) is 11.6 Å². The standard InChI is InChI=1S/C25H37NO/c1-6-25-10-9-19-18-8-7-17(27)12-16(18)11-14(2)20(19)23(25)21-15(3)22(21)24(25,4)13-26-5/h12-15,18-23H,6-11H2,1-5H3. The van der Waals surface area contributed by atoms with Crippen molar-refractivity contribution < 1.29 is 4.79 Å². The Labute approximate surface area is 165 Å². The first kappa shape index (κ1) is 18.1. The van der Waals surface area contributed by atoms with Crippen molar-refractivity contribution in [3.8, 4) is 0 Å². The molecule has 2 nitrogen and oxygen atoms in total. The highest BCUT2D eigenvalue weighted by Crippen LogP contribution is 2.81. The first-order valence-electron chi connectivity index (χ1n) is 11.6. The van der Waals surface area contributed by atoms with Gasteiger partial charge in [-0.05, 0) is 90.9 Å². The Balaban J connectivity index is 1.58. The van der Waals surface area contributed by atoms with Gasteiger partial charge in [-0.25, -0.2) is 0 Å². The zero-order valence-corrected chi connectivity index (χ0v) is 17.9. The van der Waals surface area contributed by atoms with Crippen LogP contribution in [0.4, 0.5) is 0 Å². The van der Waals surface area contributed by atoms with Gasteiger partial charge >= 0.3 is 0 Å². The average molecular weight is 368 g/mol. The van der Waals surface area contributed by atoms with Crippen LogP contribution in [0.15, 0.2) is 16.6 Å². The molecule has 5 rings (SSSR count). The predicted octanol–water partition coefficient (Wildman–Crippen LogP) is 5.57. The molecule has 0 aromatic carbocycles. The summed E-state index contributed by atoms with van der Waals surface area (Å²) in [5.74, 6) is 7.01. The van der Waals surface area contributed by atoms with Crippen LogP contribution in [0.5, 0.6) is 0 Å². The Morgan fingerprint density at radius 1 is 1.22 bits per heavy atom. The van der Waals surface area contributed by atoms with E-state index < -0.39 is 0 Å². The smallest absolute Gasteiger partial charge is 0.155 e. The molecule has 0 radical (unpaired) electrons. The van der Waals surface area contributed by atoms with Crippen molar-refractivity contribution in [2.45, 2.75) is 66.2 Å². The minimum absolute atomic E-state index is 0.286. The van der Waals surface area contributed by atoms with Crippen molar-refractivity contribution in [1.29, 1.82) is 0 Å². The van der Waals surface area contributed by atoms with Gasteiger partial charge in [0.05, 0.1) is 0 Å². The number of aliphatic imine (C=N–C) groups is 1. The van der Waals surface area contributed by atoms with E-state index in [1.165, 1.54) is 31.3 Å². The fourth-order valence-electron chi connectivity index (χ4n) is 9.59. The minimum Gasteiger partial charge on any atom is -0.300 e. The van der Waals surface area contributed by atoms with E-state index in [0.717, 1.165) is 54.3 Å². The van der Waals surface area contributed by atoms with E-state index in [-0.39, 0.29) is 5.41 Å². The van der Waals surface area contributed by atoms with Crippen molar-refractivity contribution in [1.82, 2.24) is 0 Å². The highest BCUT2D eigenvalue weighted by molar-refractivity contribution is 5.91. The Bertz CT molecular complexity index is 722. The van der Waals surface area contributed by atoms with Gasteiger partial charge in [-0.2, -0.15) is 0 Å².